The van der Waals surface area contributed by atoms with E-state index in [-0.39, 0.29) is 12.0 Å². The maximum absolute atomic E-state index is 11.9. The summed E-state index contributed by atoms with van der Waals surface area (Å²) >= 11 is 0. The van der Waals surface area contributed by atoms with Crippen molar-refractivity contribution in [1.29, 1.82) is 0 Å². The lowest BCUT2D eigenvalue weighted by atomic mass is 10.2. The molecule has 1 amide bonds. The minimum Gasteiger partial charge on any atom is -0.393 e. The molecule has 1 rings (SSSR count). The van der Waals surface area contributed by atoms with Gasteiger partial charge in [-0.25, -0.2) is 0 Å². The first kappa shape index (κ1) is 13.8. The van der Waals surface area contributed by atoms with Gasteiger partial charge >= 0.3 is 0 Å². The van der Waals surface area contributed by atoms with Crippen LogP contribution in [0, 0.1) is 0 Å². The van der Waals surface area contributed by atoms with Crippen molar-refractivity contribution >= 4 is 5.91 Å². The number of aryl methyl sites for hydroxylation is 1. The Balaban J connectivity index is 2.38. The number of hydrogen-bond acceptors (Lipinski definition) is 2. The second-order valence-corrected chi connectivity index (χ2v) is 4.33. The molecule has 0 fully saturated rings. The Hall–Kier alpha value is -1.29. The van der Waals surface area contributed by atoms with E-state index in [9.17, 15) is 4.79 Å². The Labute approximate surface area is 103 Å². The van der Waals surface area contributed by atoms with Gasteiger partial charge in [0.15, 0.2) is 0 Å². The largest absolute Gasteiger partial charge is 0.393 e. The van der Waals surface area contributed by atoms with Gasteiger partial charge in [-0.3, -0.25) is 4.79 Å². The monoisotopic (exact) mass is 238 g/mol. The van der Waals surface area contributed by atoms with Gasteiger partial charge in [0.2, 0.25) is 0 Å². The third-order valence-electron chi connectivity index (χ3n) is 2.61. The highest BCUT2D eigenvalue weighted by molar-refractivity contribution is 5.92. The lowest BCUT2D eigenvalue weighted by Crippen LogP contribution is -2.27. The van der Waals surface area contributed by atoms with E-state index in [0.717, 1.165) is 25.8 Å². The molecule has 0 saturated carbocycles. The molecule has 1 heterocycles. The highest BCUT2D eigenvalue weighted by atomic mass is 16.3. The van der Waals surface area contributed by atoms with E-state index in [4.69, 9.17) is 5.11 Å². The summed E-state index contributed by atoms with van der Waals surface area (Å²) in [6, 6.07) is 3.72. The number of rotatable bonds is 7. The number of hydrogen-bond donors (Lipinski definition) is 2. The van der Waals surface area contributed by atoms with Gasteiger partial charge in [-0.15, -0.1) is 0 Å². The average molecular weight is 238 g/mol. The highest BCUT2D eigenvalue weighted by Crippen LogP contribution is 2.03. The van der Waals surface area contributed by atoms with Gasteiger partial charge < -0.3 is 15.0 Å². The summed E-state index contributed by atoms with van der Waals surface area (Å²) in [5.41, 5.74) is 0.712. The molecule has 2 N–H and O–H groups in total. The van der Waals surface area contributed by atoms with Crippen LogP contribution in [0.15, 0.2) is 18.3 Å². The topological polar surface area (TPSA) is 54.3 Å². The number of amides is 1. The van der Waals surface area contributed by atoms with Crippen molar-refractivity contribution in [1.82, 2.24) is 9.88 Å². The molecular weight excluding hydrogens is 216 g/mol. The first-order valence-corrected chi connectivity index (χ1v) is 6.26. The fourth-order valence-electron chi connectivity index (χ4n) is 1.75. The zero-order valence-electron chi connectivity index (χ0n) is 10.6. The van der Waals surface area contributed by atoms with E-state index in [1.807, 2.05) is 22.9 Å². The fourth-order valence-corrected chi connectivity index (χ4v) is 1.75. The number of aliphatic hydroxyl groups excluding tert-OH is 1. The summed E-state index contributed by atoms with van der Waals surface area (Å²) < 4.78 is 1.96. The normalized spacial score (nSPS) is 12.4. The van der Waals surface area contributed by atoms with Crippen LogP contribution < -0.4 is 5.32 Å². The SMILES string of the molecule is CCCn1cccc1C(=O)NCCCC(C)O. The maximum Gasteiger partial charge on any atom is 0.267 e. The molecule has 1 atom stereocenters. The van der Waals surface area contributed by atoms with Gasteiger partial charge in [-0.05, 0) is 38.3 Å². The molecule has 1 aromatic rings. The molecule has 0 aliphatic carbocycles. The number of nitrogens with zero attached hydrogens (tertiary/aromatic N) is 1. The van der Waals surface area contributed by atoms with Crippen LogP contribution in [-0.4, -0.2) is 28.2 Å². The molecule has 4 nitrogen and oxygen atoms in total. The summed E-state index contributed by atoms with van der Waals surface area (Å²) in [5.74, 6) is -0.0333. The average Bonchev–Trinajstić information content (AvgIpc) is 2.72. The van der Waals surface area contributed by atoms with E-state index in [0.29, 0.717) is 12.2 Å². The smallest absolute Gasteiger partial charge is 0.267 e. The van der Waals surface area contributed by atoms with Gasteiger partial charge in [-0.1, -0.05) is 6.92 Å². The van der Waals surface area contributed by atoms with Gasteiger partial charge in [0, 0.05) is 19.3 Å². The van der Waals surface area contributed by atoms with Crippen molar-refractivity contribution in [3.8, 4) is 0 Å². The van der Waals surface area contributed by atoms with Crippen LogP contribution >= 0.6 is 0 Å². The number of aliphatic hydroxyl groups is 1. The van der Waals surface area contributed by atoms with Crippen LogP contribution in [0.4, 0.5) is 0 Å². The molecule has 0 spiro atoms. The predicted octanol–water partition coefficient (Wildman–Crippen LogP) is 1.79. The molecule has 1 aromatic heterocycles. The summed E-state index contributed by atoms with van der Waals surface area (Å²) in [7, 11) is 0. The lowest BCUT2D eigenvalue weighted by Gasteiger charge is -2.09. The van der Waals surface area contributed by atoms with E-state index in [1.54, 1.807) is 6.92 Å². The predicted molar refractivity (Wildman–Crippen MR) is 68.0 cm³/mol. The molecule has 0 aliphatic heterocycles. The second kappa shape index (κ2) is 7.12. The fraction of sp³-hybridized carbons (Fsp3) is 0.615. The van der Waals surface area contributed by atoms with E-state index in [1.165, 1.54) is 0 Å². The maximum atomic E-state index is 11.9. The Bertz CT molecular complexity index is 345. The molecule has 0 radical (unpaired) electrons. The Kier molecular flexibility index (Phi) is 5.77. The van der Waals surface area contributed by atoms with E-state index in [2.05, 4.69) is 12.2 Å². The number of nitrogens with one attached hydrogen (secondary N) is 1. The third-order valence-corrected chi connectivity index (χ3v) is 2.61. The second-order valence-electron chi connectivity index (χ2n) is 4.33. The summed E-state index contributed by atoms with van der Waals surface area (Å²) in [5, 5.41) is 12.0. The van der Waals surface area contributed by atoms with Crippen LogP contribution in [0.25, 0.3) is 0 Å². The van der Waals surface area contributed by atoms with Crippen LogP contribution in [0.3, 0.4) is 0 Å². The zero-order valence-corrected chi connectivity index (χ0v) is 10.6. The van der Waals surface area contributed by atoms with Gasteiger partial charge in [0.1, 0.15) is 5.69 Å². The molecular formula is C13H22N2O2. The van der Waals surface area contributed by atoms with E-state index < -0.39 is 0 Å². The molecule has 0 aliphatic rings. The van der Waals surface area contributed by atoms with E-state index >= 15 is 0 Å². The van der Waals surface area contributed by atoms with Crippen LogP contribution in [0.2, 0.25) is 0 Å². The van der Waals surface area contributed by atoms with Crippen LogP contribution in [-0.2, 0) is 6.54 Å². The third kappa shape index (κ3) is 4.61. The van der Waals surface area contributed by atoms with Crippen molar-refractivity contribution in [2.75, 3.05) is 6.54 Å². The zero-order chi connectivity index (χ0) is 12.7. The Morgan fingerprint density at radius 2 is 2.35 bits per heavy atom. The molecule has 17 heavy (non-hydrogen) atoms. The Morgan fingerprint density at radius 1 is 1.59 bits per heavy atom. The first-order chi connectivity index (χ1) is 8.15. The lowest BCUT2D eigenvalue weighted by molar-refractivity contribution is 0.0940. The van der Waals surface area contributed by atoms with Gasteiger partial charge in [-0.2, -0.15) is 0 Å². The van der Waals surface area contributed by atoms with Crippen molar-refractivity contribution in [3.05, 3.63) is 24.0 Å². The van der Waals surface area contributed by atoms with Crippen molar-refractivity contribution in [3.63, 3.8) is 0 Å². The molecule has 1 unspecified atom stereocenters. The molecule has 4 heteroatoms. The number of carbonyl (C=O) groups excluding carboxylic acids is 1. The van der Waals surface area contributed by atoms with Crippen molar-refractivity contribution in [2.24, 2.45) is 0 Å². The first-order valence-electron chi connectivity index (χ1n) is 6.26. The van der Waals surface area contributed by atoms with Crippen molar-refractivity contribution in [2.45, 2.75) is 45.8 Å². The summed E-state index contributed by atoms with van der Waals surface area (Å²) in [6.07, 6.45) is 4.16. The molecule has 0 aromatic carbocycles. The van der Waals surface area contributed by atoms with Crippen LogP contribution in [0.5, 0.6) is 0 Å². The quantitative estimate of drug-likeness (QED) is 0.712. The number of carbonyl (C=O) groups is 1. The van der Waals surface area contributed by atoms with Gasteiger partial charge in [0.05, 0.1) is 6.10 Å². The minimum absolute atomic E-state index is 0.0333. The molecule has 0 bridgehead atoms. The summed E-state index contributed by atoms with van der Waals surface area (Å²) in [6.45, 7) is 5.32. The number of aromatic nitrogens is 1. The minimum atomic E-state index is -0.296. The van der Waals surface area contributed by atoms with Gasteiger partial charge in [0.25, 0.3) is 5.91 Å². The highest BCUT2D eigenvalue weighted by Gasteiger charge is 2.09. The standard InChI is InChI=1S/C13H22N2O2/c1-3-9-15-10-5-7-12(15)13(17)14-8-4-6-11(2)16/h5,7,10-11,16H,3-4,6,8-9H2,1-2H3,(H,14,17). The molecule has 0 saturated heterocycles. The summed E-state index contributed by atoms with van der Waals surface area (Å²) in [4.78, 5) is 11.9. The van der Waals surface area contributed by atoms with Crippen LogP contribution in [0.1, 0.15) is 43.6 Å². The Morgan fingerprint density at radius 3 is 3.00 bits per heavy atom. The van der Waals surface area contributed by atoms with Crippen molar-refractivity contribution < 1.29 is 9.90 Å². The molecule has 96 valence electrons.